The number of methoxy groups -OCH3 is 1. The fourth-order valence-corrected chi connectivity index (χ4v) is 4.80. The number of benzene rings is 5. The van der Waals surface area contributed by atoms with E-state index in [4.69, 9.17) is 4.74 Å². The monoisotopic (exact) mass is 427 g/mol. The van der Waals surface area contributed by atoms with Crippen LogP contribution in [-0.4, -0.2) is 17.9 Å². The van der Waals surface area contributed by atoms with Crippen molar-refractivity contribution in [1.82, 2.24) is 4.98 Å². The van der Waals surface area contributed by atoms with Crippen LogP contribution in [-0.2, 0) is 0 Å². The number of carbonyl (C=O) groups excluding carboxylic acids is 1. The quantitative estimate of drug-likeness (QED) is 0.298. The molecule has 0 radical (unpaired) electrons. The van der Waals surface area contributed by atoms with Crippen LogP contribution < -0.4 is 4.74 Å². The van der Waals surface area contributed by atoms with E-state index in [0.717, 1.165) is 49.5 Å². The van der Waals surface area contributed by atoms with Crippen molar-refractivity contribution in [2.75, 3.05) is 7.11 Å². The minimum Gasteiger partial charge on any atom is -0.497 e. The molecule has 0 spiro atoms. The summed E-state index contributed by atoms with van der Waals surface area (Å²) in [6.45, 7) is 0. The molecule has 0 aliphatic rings. The van der Waals surface area contributed by atoms with Gasteiger partial charge in [-0.05, 0) is 40.1 Å². The molecule has 5 aromatic carbocycles. The van der Waals surface area contributed by atoms with E-state index in [9.17, 15) is 4.79 Å². The Morgan fingerprint density at radius 3 is 2.06 bits per heavy atom. The Morgan fingerprint density at radius 1 is 0.697 bits per heavy atom. The predicted octanol–water partition coefficient (Wildman–Crippen LogP) is 7.38. The topological polar surface area (TPSA) is 42.1 Å². The van der Waals surface area contributed by atoms with Gasteiger partial charge in [-0.15, -0.1) is 0 Å². The van der Waals surface area contributed by atoms with Gasteiger partial charge < -0.3 is 9.72 Å². The number of H-pyrrole nitrogens is 1. The van der Waals surface area contributed by atoms with Crippen molar-refractivity contribution in [3.8, 4) is 16.9 Å². The molecule has 1 N–H and O–H groups in total. The van der Waals surface area contributed by atoms with Gasteiger partial charge >= 0.3 is 0 Å². The maximum absolute atomic E-state index is 13.8. The van der Waals surface area contributed by atoms with Gasteiger partial charge in [-0.1, -0.05) is 84.9 Å². The number of nitrogens with one attached hydrogen (secondary N) is 1. The van der Waals surface area contributed by atoms with Gasteiger partial charge in [0.2, 0.25) is 0 Å². The fourth-order valence-electron chi connectivity index (χ4n) is 4.80. The van der Waals surface area contributed by atoms with Gasteiger partial charge in [-0.2, -0.15) is 0 Å². The summed E-state index contributed by atoms with van der Waals surface area (Å²) in [4.78, 5) is 17.4. The number of fused-ring (bicyclic) bond motifs is 4. The first-order chi connectivity index (χ1) is 16.3. The van der Waals surface area contributed by atoms with Crippen molar-refractivity contribution in [3.05, 3.63) is 114 Å². The molecule has 3 nitrogen and oxygen atoms in total. The lowest BCUT2D eigenvalue weighted by Gasteiger charge is -2.15. The maximum atomic E-state index is 13.8. The van der Waals surface area contributed by atoms with Crippen LogP contribution in [0.15, 0.2) is 103 Å². The normalized spacial score (nSPS) is 11.3. The second-order valence-corrected chi connectivity index (χ2v) is 8.14. The molecule has 0 saturated carbocycles. The SMILES string of the molecule is COc1ccc(-c2c3ccccc3c(C(=O)c3ccccc3)c3[nH]c4ccccc4c23)cc1. The first-order valence-corrected chi connectivity index (χ1v) is 11.0. The lowest BCUT2D eigenvalue weighted by Crippen LogP contribution is -2.04. The lowest BCUT2D eigenvalue weighted by atomic mass is 9.87. The summed E-state index contributed by atoms with van der Waals surface area (Å²) in [7, 11) is 1.67. The second kappa shape index (κ2) is 7.64. The number of hydrogen-bond acceptors (Lipinski definition) is 2. The smallest absolute Gasteiger partial charge is 0.195 e. The first-order valence-electron chi connectivity index (χ1n) is 11.0. The van der Waals surface area contributed by atoms with Crippen LogP contribution >= 0.6 is 0 Å². The third-order valence-corrected chi connectivity index (χ3v) is 6.31. The Kier molecular flexibility index (Phi) is 4.48. The molecule has 6 aromatic rings. The Labute approximate surface area is 191 Å². The van der Waals surface area contributed by atoms with Gasteiger partial charge in [-0.25, -0.2) is 0 Å². The Balaban J connectivity index is 1.80. The molecule has 0 unspecified atom stereocenters. The highest BCUT2D eigenvalue weighted by molar-refractivity contribution is 6.32. The summed E-state index contributed by atoms with van der Waals surface area (Å²) < 4.78 is 5.38. The van der Waals surface area contributed by atoms with Crippen LogP contribution in [0.2, 0.25) is 0 Å². The van der Waals surface area contributed by atoms with E-state index in [2.05, 4.69) is 35.3 Å². The highest BCUT2D eigenvalue weighted by Crippen LogP contribution is 2.43. The molecule has 0 fully saturated rings. The van der Waals surface area contributed by atoms with Crippen LogP contribution in [0, 0.1) is 0 Å². The van der Waals surface area contributed by atoms with Crippen LogP contribution in [0.5, 0.6) is 5.75 Å². The van der Waals surface area contributed by atoms with E-state index in [-0.39, 0.29) is 5.78 Å². The van der Waals surface area contributed by atoms with Crippen LogP contribution in [0.4, 0.5) is 0 Å². The van der Waals surface area contributed by atoms with E-state index < -0.39 is 0 Å². The number of rotatable bonds is 4. The largest absolute Gasteiger partial charge is 0.497 e. The number of carbonyl (C=O) groups is 1. The molecule has 0 amide bonds. The van der Waals surface area contributed by atoms with E-state index in [0.29, 0.717) is 11.1 Å². The summed E-state index contributed by atoms with van der Waals surface area (Å²) in [5.74, 6) is 0.832. The molecule has 1 heterocycles. The third kappa shape index (κ3) is 3.01. The molecule has 0 aliphatic heterocycles. The number of aromatic nitrogens is 1. The number of hydrogen-bond donors (Lipinski definition) is 1. The van der Waals surface area contributed by atoms with Gasteiger partial charge in [0.25, 0.3) is 0 Å². The number of ether oxygens (including phenoxy) is 1. The first kappa shape index (κ1) is 19.3. The Bertz CT molecular complexity index is 1640. The molecule has 6 rings (SSSR count). The van der Waals surface area contributed by atoms with Gasteiger partial charge in [0.1, 0.15) is 5.75 Å². The summed E-state index contributed by atoms with van der Waals surface area (Å²) in [5, 5.41) is 4.16. The second-order valence-electron chi connectivity index (χ2n) is 8.14. The van der Waals surface area contributed by atoms with Crippen molar-refractivity contribution in [1.29, 1.82) is 0 Å². The molecular formula is C30H21NO2. The summed E-state index contributed by atoms with van der Waals surface area (Å²) >= 11 is 0. The van der Waals surface area contributed by atoms with E-state index >= 15 is 0 Å². The average Bonchev–Trinajstić information content (AvgIpc) is 3.26. The predicted molar refractivity (Wildman–Crippen MR) is 135 cm³/mol. The summed E-state index contributed by atoms with van der Waals surface area (Å²) in [6.07, 6.45) is 0. The zero-order chi connectivity index (χ0) is 22.4. The lowest BCUT2D eigenvalue weighted by molar-refractivity contribution is 0.104. The van der Waals surface area contributed by atoms with Crippen molar-refractivity contribution in [2.24, 2.45) is 0 Å². The molecule has 0 aliphatic carbocycles. The van der Waals surface area contributed by atoms with E-state index in [1.807, 2.05) is 72.8 Å². The van der Waals surface area contributed by atoms with Crippen molar-refractivity contribution >= 4 is 38.4 Å². The minimum absolute atomic E-state index is 0.0182. The van der Waals surface area contributed by atoms with Gasteiger partial charge in [0.15, 0.2) is 5.78 Å². The molecule has 3 heteroatoms. The van der Waals surface area contributed by atoms with Crippen LogP contribution in [0.25, 0.3) is 43.7 Å². The molecule has 0 saturated heterocycles. The zero-order valence-corrected chi connectivity index (χ0v) is 18.1. The van der Waals surface area contributed by atoms with E-state index in [1.165, 1.54) is 0 Å². The molecule has 0 atom stereocenters. The number of ketones is 1. The molecule has 0 bridgehead atoms. The number of para-hydroxylation sites is 1. The third-order valence-electron chi connectivity index (χ3n) is 6.31. The zero-order valence-electron chi connectivity index (χ0n) is 18.1. The Morgan fingerprint density at radius 2 is 1.33 bits per heavy atom. The van der Waals surface area contributed by atoms with Gasteiger partial charge in [0, 0.05) is 21.9 Å². The molecule has 1 aromatic heterocycles. The average molecular weight is 428 g/mol. The maximum Gasteiger partial charge on any atom is 0.195 e. The molecule has 33 heavy (non-hydrogen) atoms. The fraction of sp³-hybridized carbons (Fsp3) is 0.0333. The van der Waals surface area contributed by atoms with Crippen molar-refractivity contribution in [2.45, 2.75) is 0 Å². The van der Waals surface area contributed by atoms with Crippen molar-refractivity contribution in [3.63, 3.8) is 0 Å². The van der Waals surface area contributed by atoms with Crippen molar-refractivity contribution < 1.29 is 9.53 Å². The summed E-state index contributed by atoms with van der Waals surface area (Å²) in [6, 6.07) is 34.1. The van der Waals surface area contributed by atoms with Crippen LogP contribution in [0.3, 0.4) is 0 Å². The summed E-state index contributed by atoms with van der Waals surface area (Å²) in [5.41, 5.74) is 5.47. The van der Waals surface area contributed by atoms with E-state index in [1.54, 1.807) is 7.11 Å². The van der Waals surface area contributed by atoms with Crippen LogP contribution in [0.1, 0.15) is 15.9 Å². The number of aromatic amines is 1. The minimum atomic E-state index is 0.0182. The highest BCUT2D eigenvalue weighted by atomic mass is 16.5. The Hall–Kier alpha value is -4.37. The molecule has 158 valence electrons. The standard InChI is InChI=1S/C30H21NO2/c1-33-21-17-15-19(16-18-21)26-22-11-5-6-12-23(22)28(30(32)20-9-3-2-4-10-20)29-27(26)24-13-7-8-14-25(24)31-29/h2-18,31H,1H3. The highest BCUT2D eigenvalue weighted by Gasteiger charge is 2.23. The van der Waals surface area contributed by atoms with Gasteiger partial charge in [0.05, 0.1) is 18.2 Å². The van der Waals surface area contributed by atoms with Gasteiger partial charge in [-0.3, -0.25) is 4.79 Å². The molecular weight excluding hydrogens is 406 g/mol.